The van der Waals surface area contributed by atoms with Gasteiger partial charge in [-0.05, 0) is 38.5 Å². The lowest BCUT2D eigenvalue weighted by Crippen LogP contribution is -2.41. The van der Waals surface area contributed by atoms with Crippen molar-refractivity contribution in [1.29, 1.82) is 0 Å². The van der Waals surface area contributed by atoms with E-state index in [9.17, 15) is 14.4 Å². The summed E-state index contributed by atoms with van der Waals surface area (Å²) < 4.78 is 2.63. The van der Waals surface area contributed by atoms with Crippen LogP contribution >= 0.6 is 22.9 Å². The molecule has 164 valence electrons. The van der Waals surface area contributed by atoms with Crippen LogP contribution in [0.15, 0.2) is 40.4 Å². The quantitative estimate of drug-likeness (QED) is 0.520. The van der Waals surface area contributed by atoms with Crippen LogP contribution in [-0.4, -0.2) is 33.1 Å². The maximum Gasteiger partial charge on any atom is 0.333 e. The van der Waals surface area contributed by atoms with Gasteiger partial charge in [0.2, 0.25) is 5.91 Å². The molecule has 10 heteroatoms. The van der Waals surface area contributed by atoms with Crippen LogP contribution < -0.4 is 21.5 Å². The van der Waals surface area contributed by atoms with E-state index in [0.29, 0.717) is 33.6 Å². The molecule has 31 heavy (non-hydrogen) atoms. The number of hydrogen-bond donors (Lipinski definition) is 1. The summed E-state index contributed by atoms with van der Waals surface area (Å²) in [5, 5.41) is 3.91. The fourth-order valence-corrected chi connectivity index (χ4v) is 4.51. The highest BCUT2D eigenvalue weighted by atomic mass is 35.5. The molecule has 0 aliphatic rings. The third-order valence-electron chi connectivity index (χ3n) is 4.88. The van der Waals surface area contributed by atoms with Gasteiger partial charge in [0, 0.05) is 30.3 Å². The van der Waals surface area contributed by atoms with Crippen molar-refractivity contribution in [3.05, 3.63) is 62.3 Å². The van der Waals surface area contributed by atoms with Gasteiger partial charge in [0.05, 0.1) is 0 Å². The first kappa shape index (κ1) is 22.8. The lowest BCUT2D eigenvalue weighted by atomic mass is 10.2. The van der Waals surface area contributed by atoms with Gasteiger partial charge in [-0.3, -0.25) is 18.7 Å². The van der Waals surface area contributed by atoms with E-state index in [1.807, 2.05) is 25.7 Å². The average Bonchev–Trinajstić information content (AvgIpc) is 3.17. The number of anilines is 2. The molecule has 0 bridgehead atoms. The van der Waals surface area contributed by atoms with Gasteiger partial charge in [-0.1, -0.05) is 35.1 Å². The molecule has 0 aliphatic carbocycles. The topological polar surface area (TPSA) is 89.2 Å². The zero-order chi connectivity index (χ0) is 22.7. The monoisotopic (exact) mass is 461 g/mol. The van der Waals surface area contributed by atoms with Crippen molar-refractivity contribution in [1.82, 2.24) is 14.1 Å². The lowest BCUT2D eigenvalue weighted by Gasteiger charge is -2.16. The van der Waals surface area contributed by atoms with Crippen LogP contribution in [-0.2, 0) is 17.9 Å². The maximum absolute atomic E-state index is 13.0. The molecule has 0 radical (unpaired) electrons. The number of rotatable bonds is 8. The number of halogens is 1. The molecule has 2 heterocycles. The second-order valence-electron chi connectivity index (χ2n) is 6.90. The summed E-state index contributed by atoms with van der Waals surface area (Å²) in [6.45, 7) is 10.6. The number of nitrogens with zero attached hydrogens (tertiary/aromatic N) is 4. The van der Waals surface area contributed by atoms with Crippen LogP contribution in [0.25, 0.3) is 10.3 Å². The molecule has 0 aliphatic heterocycles. The zero-order valence-corrected chi connectivity index (χ0v) is 19.2. The van der Waals surface area contributed by atoms with Crippen LogP contribution in [0.2, 0.25) is 5.02 Å². The van der Waals surface area contributed by atoms with Crippen LogP contribution in [0.4, 0.5) is 10.8 Å². The Morgan fingerprint density at radius 3 is 2.65 bits per heavy atom. The molecule has 0 atom stereocenters. The number of allylic oxidation sites excluding steroid dienone is 1. The fourth-order valence-electron chi connectivity index (χ4n) is 3.19. The van der Waals surface area contributed by atoms with E-state index in [1.54, 1.807) is 18.2 Å². The van der Waals surface area contributed by atoms with Crippen molar-refractivity contribution in [3.63, 3.8) is 0 Å². The Balaban J connectivity index is 2.10. The van der Waals surface area contributed by atoms with Crippen molar-refractivity contribution < 1.29 is 4.79 Å². The van der Waals surface area contributed by atoms with E-state index in [4.69, 9.17) is 11.6 Å². The molecular weight excluding hydrogens is 438 g/mol. The average molecular weight is 462 g/mol. The predicted molar refractivity (Wildman–Crippen MR) is 127 cm³/mol. The summed E-state index contributed by atoms with van der Waals surface area (Å²) in [6, 6.07) is 5.17. The summed E-state index contributed by atoms with van der Waals surface area (Å²) >= 11 is 7.25. The number of carbonyl (C=O) groups excluding carboxylic acids is 1. The first-order valence-corrected chi connectivity index (χ1v) is 11.1. The van der Waals surface area contributed by atoms with Crippen molar-refractivity contribution >= 4 is 50.0 Å². The highest BCUT2D eigenvalue weighted by Gasteiger charge is 2.21. The van der Waals surface area contributed by atoms with Gasteiger partial charge >= 0.3 is 5.69 Å². The number of fused-ring (bicyclic) bond motifs is 1. The summed E-state index contributed by atoms with van der Waals surface area (Å²) in [7, 11) is 0. The van der Waals surface area contributed by atoms with E-state index in [2.05, 4.69) is 16.9 Å². The van der Waals surface area contributed by atoms with Gasteiger partial charge < -0.3 is 10.2 Å². The van der Waals surface area contributed by atoms with Gasteiger partial charge in [-0.2, -0.15) is 0 Å². The number of carbonyl (C=O) groups is 1. The van der Waals surface area contributed by atoms with Gasteiger partial charge in [0.15, 0.2) is 10.8 Å². The molecule has 0 spiro atoms. The third-order valence-corrected chi connectivity index (χ3v) is 6.20. The number of hydrogen-bond acceptors (Lipinski definition) is 6. The summed E-state index contributed by atoms with van der Waals surface area (Å²) in [6.07, 6.45) is 1.47. The molecule has 0 unspecified atom stereocenters. The molecule has 0 saturated carbocycles. The van der Waals surface area contributed by atoms with E-state index in [0.717, 1.165) is 10.1 Å². The summed E-state index contributed by atoms with van der Waals surface area (Å²) in [5.74, 6) is -0.421. The Morgan fingerprint density at radius 2 is 2.00 bits per heavy atom. The maximum atomic E-state index is 13.0. The first-order valence-electron chi connectivity index (χ1n) is 9.86. The van der Waals surface area contributed by atoms with Crippen LogP contribution in [0.1, 0.15) is 19.4 Å². The van der Waals surface area contributed by atoms with E-state index in [-0.39, 0.29) is 18.7 Å². The molecule has 0 saturated heterocycles. The van der Waals surface area contributed by atoms with Crippen LogP contribution in [0.3, 0.4) is 0 Å². The highest BCUT2D eigenvalue weighted by Crippen LogP contribution is 2.26. The molecule has 0 fully saturated rings. The molecule has 2 aromatic heterocycles. The Labute approximate surface area is 188 Å². The van der Waals surface area contributed by atoms with Gasteiger partial charge in [0.25, 0.3) is 5.56 Å². The Kier molecular flexibility index (Phi) is 6.97. The van der Waals surface area contributed by atoms with E-state index in [1.165, 1.54) is 22.0 Å². The summed E-state index contributed by atoms with van der Waals surface area (Å²) in [5.41, 5.74) is 0.567. The molecule has 1 N–H and O–H groups in total. The number of thiazole rings is 1. The number of amides is 1. The van der Waals surface area contributed by atoms with Crippen LogP contribution in [0.5, 0.6) is 0 Å². The van der Waals surface area contributed by atoms with Crippen molar-refractivity contribution in [2.45, 2.75) is 33.9 Å². The van der Waals surface area contributed by atoms with Gasteiger partial charge in [0.1, 0.15) is 11.2 Å². The largest absolute Gasteiger partial charge is 0.349 e. The minimum Gasteiger partial charge on any atom is -0.349 e. The number of aromatic nitrogens is 3. The molecule has 1 amide bonds. The van der Waals surface area contributed by atoms with Gasteiger partial charge in [-0.15, -0.1) is 6.58 Å². The van der Waals surface area contributed by atoms with E-state index < -0.39 is 17.2 Å². The first-order chi connectivity index (χ1) is 14.8. The smallest absolute Gasteiger partial charge is 0.333 e. The zero-order valence-electron chi connectivity index (χ0n) is 17.6. The molecule has 3 rings (SSSR count). The predicted octanol–water partition coefficient (Wildman–Crippen LogP) is 3.25. The Hall–Kier alpha value is -2.91. The molecule has 1 aromatic carbocycles. The number of aryl methyl sites for hydroxylation is 1. The summed E-state index contributed by atoms with van der Waals surface area (Å²) in [4.78, 5) is 45.3. The molecular formula is C21H24ClN5O3S. The Bertz CT molecular complexity index is 1260. The SMILES string of the molecule is C=CCn1c(=O)c2sc(N(CC)CC)nc2n(CC(=O)Nc2cc(Cl)ccc2C)c1=O. The van der Waals surface area contributed by atoms with Crippen molar-refractivity contribution in [2.24, 2.45) is 0 Å². The van der Waals surface area contributed by atoms with Gasteiger partial charge in [-0.25, -0.2) is 9.78 Å². The third kappa shape index (κ3) is 4.57. The molecule has 3 aromatic rings. The number of nitrogens with one attached hydrogen (secondary N) is 1. The molecule has 8 nitrogen and oxygen atoms in total. The van der Waals surface area contributed by atoms with E-state index >= 15 is 0 Å². The standard InChI is InChI=1S/C21H24ClN5O3S/c1-5-10-26-19(29)17-18(24-20(31-17)25(6-2)7-3)27(21(26)30)12-16(28)23-15-11-14(22)9-8-13(15)4/h5,8-9,11H,1,6-7,10,12H2,2-4H3,(H,23,28). The Morgan fingerprint density at radius 1 is 1.29 bits per heavy atom. The normalized spacial score (nSPS) is 11.0. The lowest BCUT2D eigenvalue weighted by molar-refractivity contribution is -0.116. The second kappa shape index (κ2) is 9.49. The van der Waals surface area contributed by atoms with Crippen molar-refractivity contribution in [2.75, 3.05) is 23.3 Å². The number of benzene rings is 1. The minimum atomic E-state index is -0.605. The second-order valence-corrected chi connectivity index (χ2v) is 8.32. The van der Waals surface area contributed by atoms with Crippen LogP contribution in [0, 0.1) is 6.92 Å². The van der Waals surface area contributed by atoms with Crippen molar-refractivity contribution in [3.8, 4) is 0 Å². The fraction of sp³-hybridized carbons (Fsp3) is 0.333. The highest BCUT2D eigenvalue weighted by molar-refractivity contribution is 7.22. The minimum absolute atomic E-state index is 0.0428.